The molecule has 0 amide bonds. The van der Waals surface area contributed by atoms with Crippen LogP contribution in [0.1, 0.15) is 42.6 Å². The second kappa shape index (κ2) is 8.18. The summed E-state index contributed by atoms with van der Waals surface area (Å²) in [6, 6.07) is 7.69. The maximum Gasteiger partial charge on any atom is 0.338 e. The van der Waals surface area contributed by atoms with Crippen molar-refractivity contribution < 1.29 is 9.53 Å². The number of unbranched alkanes of at least 4 members (excludes halogenated alkanes) is 1. The Kier molecular flexibility index (Phi) is 6.78. The van der Waals surface area contributed by atoms with Gasteiger partial charge < -0.3 is 4.74 Å². The highest BCUT2D eigenvalue weighted by Gasteiger charge is 2.05. The van der Waals surface area contributed by atoms with E-state index in [0.29, 0.717) is 12.2 Å². The molecule has 0 atom stereocenters. The minimum Gasteiger partial charge on any atom is -0.462 e. The van der Waals surface area contributed by atoms with Gasteiger partial charge in [0.15, 0.2) is 0 Å². The molecule has 0 saturated carbocycles. The number of hydrogen-bond acceptors (Lipinski definition) is 3. The summed E-state index contributed by atoms with van der Waals surface area (Å²) in [4.78, 5) is 11.4. The largest absolute Gasteiger partial charge is 0.462 e. The van der Waals surface area contributed by atoms with E-state index in [0.717, 1.165) is 5.75 Å². The maximum absolute atomic E-state index is 11.4. The molecule has 0 saturated heterocycles. The molecule has 0 aliphatic heterocycles. The Morgan fingerprint density at radius 3 is 2.53 bits per heavy atom. The van der Waals surface area contributed by atoms with E-state index in [1.54, 1.807) is 0 Å². The SMILES string of the molecule is CCCCSCc1ccc(C(=O)OCC)cc1. The van der Waals surface area contributed by atoms with Gasteiger partial charge in [-0.2, -0.15) is 11.8 Å². The number of rotatable bonds is 7. The highest BCUT2D eigenvalue weighted by atomic mass is 32.2. The molecular formula is C14H20O2S. The summed E-state index contributed by atoms with van der Waals surface area (Å²) >= 11 is 1.94. The number of ether oxygens (including phenoxy) is 1. The highest BCUT2D eigenvalue weighted by Crippen LogP contribution is 2.15. The molecule has 0 aliphatic rings. The van der Waals surface area contributed by atoms with E-state index >= 15 is 0 Å². The summed E-state index contributed by atoms with van der Waals surface area (Å²) in [6.07, 6.45) is 2.51. The van der Waals surface area contributed by atoms with E-state index in [1.807, 2.05) is 43.0 Å². The smallest absolute Gasteiger partial charge is 0.338 e. The van der Waals surface area contributed by atoms with Crippen molar-refractivity contribution in [2.75, 3.05) is 12.4 Å². The molecule has 3 heteroatoms. The average Bonchev–Trinajstić information content (AvgIpc) is 2.36. The van der Waals surface area contributed by atoms with Gasteiger partial charge >= 0.3 is 5.97 Å². The van der Waals surface area contributed by atoms with Crippen molar-refractivity contribution in [3.05, 3.63) is 35.4 Å². The van der Waals surface area contributed by atoms with Crippen LogP contribution in [0.15, 0.2) is 24.3 Å². The molecule has 0 aromatic heterocycles. The van der Waals surface area contributed by atoms with Gasteiger partial charge in [-0.05, 0) is 36.8 Å². The molecule has 0 spiro atoms. The van der Waals surface area contributed by atoms with Crippen molar-refractivity contribution in [1.82, 2.24) is 0 Å². The minimum absolute atomic E-state index is 0.238. The van der Waals surface area contributed by atoms with Crippen molar-refractivity contribution >= 4 is 17.7 Å². The second-order valence-corrected chi connectivity index (χ2v) is 4.93. The molecule has 0 radical (unpaired) electrons. The van der Waals surface area contributed by atoms with E-state index in [2.05, 4.69) is 6.92 Å². The molecule has 0 N–H and O–H groups in total. The van der Waals surface area contributed by atoms with Crippen LogP contribution in [0.25, 0.3) is 0 Å². The fourth-order valence-electron chi connectivity index (χ4n) is 1.39. The molecule has 0 bridgehead atoms. The second-order valence-electron chi connectivity index (χ2n) is 3.82. The molecule has 17 heavy (non-hydrogen) atoms. The average molecular weight is 252 g/mol. The lowest BCUT2D eigenvalue weighted by Gasteiger charge is -2.04. The number of carbonyl (C=O) groups is 1. The third kappa shape index (κ3) is 5.26. The number of benzene rings is 1. The van der Waals surface area contributed by atoms with Gasteiger partial charge in [-0.25, -0.2) is 4.79 Å². The monoisotopic (exact) mass is 252 g/mol. The maximum atomic E-state index is 11.4. The molecular weight excluding hydrogens is 232 g/mol. The first-order chi connectivity index (χ1) is 8.27. The van der Waals surface area contributed by atoms with Gasteiger partial charge in [-0.1, -0.05) is 25.5 Å². The fraction of sp³-hybridized carbons (Fsp3) is 0.500. The van der Waals surface area contributed by atoms with Crippen LogP contribution in [0, 0.1) is 0 Å². The van der Waals surface area contributed by atoms with E-state index < -0.39 is 0 Å². The first-order valence-corrected chi connectivity index (χ1v) is 7.27. The number of thioether (sulfide) groups is 1. The Morgan fingerprint density at radius 2 is 1.94 bits per heavy atom. The van der Waals surface area contributed by atoms with Gasteiger partial charge in [0, 0.05) is 5.75 Å². The lowest BCUT2D eigenvalue weighted by molar-refractivity contribution is 0.0526. The van der Waals surface area contributed by atoms with Crippen LogP contribution in [-0.2, 0) is 10.5 Å². The van der Waals surface area contributed by atoms with Gasteiger partial charge in [0.25, 0.3) is 0 Å². The zero-order valence-corrected chi connectivity index (χ0v) is 11.4. The van der Waals surface area contributed by atoms with Gasteiger partial charge in [-0.15, -0.1) is 0 Å². The van der Waals surface area contributed by atoms with Crippen LogP contribution >= 0.6 is 11.8 Å². The van der Waals surface area contributed by atoms with Crippen molar-refractivity contribution in [2.45, 2.75) is 32.4 Å². The molecule has 94 valence electrons. The van der Waals surface area contributed by atoms with Crippen LogP contribution in [0.5, 0.6) is 0 Å². The molecule has 0 aliphatic carbocycles. The summed E-state index contributed by atoms with van der Waals surface area (Å²) in [5, 5.41) is 0. The standard InChI is InChI=1S/C14H20O2S/c1-3-5-10-17-11-12-6-8-13(9-7-12)14(15)16-4-2/h6-9H,3-5,10-11H2,1-2H3. The molecule has 2 nitrogen and oxygen atoms in total. The molecule has 1 rings (SSSR count). The lowest BCUT2D eigenvalue weighted by atomic mass is 10.1. The van der Waals surface area contributed by atoms with Crippen molar-refractivity contribution in [3.63, 3.8) is 0 Å². The Hall–Kier alpha value is -0.960. The predicted molar refractivity (Wildman–Crippen MR) is 73.5 cm³/mol. The van der Waals surface area contributed by atoms with E-state index in [4.69, 9.17) is 4.74 Å². The highest BCUT2D eigenvalue weighted by molar-refractivity contribution is 7.98. The lowest BCUT2D eigenvalue weighted by Crippen LogP contribution is -2.04. The number of esters is 1. The van der Waals surface area contributed by atoms with E-state index in [9.17, 15) is 4.79 Å². The Balaban J connectivity index is 2.42. The van der Waals surface area contributed by atoms with E-state index in [-0.39, 0.29) is 5.97 Å². The fourth-order valence-corrected chi connectivity index (χ4v) is 2.45. The van der Waals surface area contributed by atoms with Gasteiger partial charge in [-0.3, -0.25) is 0 Å². The summed E-state index contributed by atoms with van der Waals surface area (Å²) in [5.74, 6) is 1.98. The van der Waals surface area contributed by atoms with E-state index in [1.165, 1.54) is 24.2 Å². The van der Waals surface area contributed by atoms with Crippen molar-refractivity contribution in [2.24, 2.45) is 0 Å². The van der Waals surface area contributed by atoms with Gasteiger partial charge in [0.2, 0.25) is 0 Å². The predicted octanol–water partition coefficient (Wildman–Crippen LogP) is 3.90. The Bertz CT molecular complexity index is 333. The van der Waals surface area contributed by atoms with Crippen LogP contribution in [0.2, 0.25) is 0 Å². The first kappa shape index (κ1) is 14.1. The quantitative estimate of drug-likeness (QED) is 0.544. The molecule has 0 fully saturated rings. The van der Waals surface area contributed by atoms with Gasteiger partial charge in [0.05, 0.1) is 12.2 Å². The number of carbonyl (C=O) groups excluding carboxylic acids is 1. The number of hydrogen-bond donors (Lipinski definition) is 0. The van der Waals surface area contributed by atoms with Crippen LogP contribution in [-0.4, -0.2) is 18.3 Å². The topological polar surface area (TPSA) is 26.3 Å². The van der Waals surface area contributed by atoms with Crippen molar-refractivity contribution in [1.29, 1.82) is 0 Å². The van der Waals surface area contributed by atoms with Crippen molar-refractivity contribution in [3.8, 4) is 0 Å². The van der Waals surface area contributed by atoms with Crippen LogP contribution in [0.3, 0.4) is 0 Å². The molecule has 1 aromatic rings. The third-order valence-corrected chi connectivity index (χ3v) is 3.49. The Morgan fingerprint density at radius 1 is 1.24 bits per heavy atom. The molecule has 0 heterocycles. The summed E-state index contributed by atoms with van der Waals surface area (Å²) < 4.78 is 4.94. The Labute approximate surface area is 108 Å². The minimum atomic E-state index is -0.238. The third-order valence-electron chi connectivity index (χ3n) is 2.38. The zero-order valence-electron chi connectivity index (χ0n) is 10.6. The normalized spacial score (nSPS) is 10.2. The van der Waals surface area contributed by atoms with Crippen LogP contribution < -0.4 is 0 Å². The first-order valence-electron chi connectivity index (χ1n) is 6.11. The summed E-state index contributed by atoms with van der Waals surface area (Å²) in [6.45, 7) is 4.44. The van der Waals surface area contributed by atoms with Gasteiger partial charge in [0.1, 0.15) is 0 Å². The van der Waals surface area contributed by atoms with Crippen LogP contribution in [0.4, 0.5) is 0 Å². The zero-order chi connectivity index (χ0) is 12.5. The molecule has 1 aromatic carbocycles. The summed E-state index contributed by atoms with van der Waals surface area (Å²) in [5.41, 5.74) is 1.90. The summed E-state index contributed by atoms with van der Waals surface area (Å²) in [7, 11) is 0. The molecule has 0 unspecified atom stereocenters.